The number of alkyl halides is 1. The molecule has 2 heterocycles. The number of ether oxygens (including phenoxy) is 3. The normalized spacial score (nSPS) is 38.6. The van der Waals surface area contributed by atoms with E-state index in [-0.39, 0.29) is 40.9 Å². The number of fused-ring (bicyclic) bond motifs is 3. The number of aromatic amines is 1. The van der Waals surface area contributed by atoms with Crippen molar-refractivity contribution in [3.63, 3.8) is 0 Å². The van der Waals surface area contributed by atoms with Crippen LogP contribution in [0.2, 0.25) is 0 Å². The Kier molecular flexibility index (Phi) is 4.90. The van der Waals surface area contributed by atoms with Crippen LogP contribution >= 0.6 is 11.6 Å². The summed E-state index contributed by atoms with van der Waals surface area (Å²) >= 11 is 6.62. The first-order chi connectivity index (χ1) is 13.8. The highest BCUT2D eigenvalue weighted by molar-refractivity contribution is 6.22. The van der Waals surface area contributed by atoms with Gasteiger partial charge in [0.25, 0.3) is 5.56 Å². The zero-order valence-corrected chi connectivity index (χ0v) is 17.0. The number of nitrogens with one attached hydrogen (secondary N) is 1. The van der Waals surface area contributed by atoms with Gasteiger partial charge in [0.1, 0.15) is 11.6 Å². The highest BCUT2D eigenvalue weighted by Gasteiger charge is 2.66. The number of nitriles is 1. The van der Waals surface area contributed by atoms with Crippen LogP contribution in [0.25, 0.3) is 0 Å². The predicted molar refractivity (Wildman–Crippen MR) is 101 cm³/mol. The Labute approximate surface area is 172 Å². The van der Waals surface area contributed by atoms with Gasteiger partial charge in [0, 0.05) is 38.5 Å². The molecule has 5 unspecified atom stereocenters. The Hall–Kier alpha value is -2.05. The van der Waals surface area contributed by atoms with E-state index >= 15 is 0 Å². The summed E-state index contributed by atoms with van der Waals surface area (Å²) in [4.78, 5) is 41.4. The van der Waals surface area contributed by atoms with Gasteiger partial charge in [-0.3, -0.25) is 14.4 Å². The van der Waals surface area contributed by atoms with E-state index in [9.17, 15) is 14.4 Å². The van der Waals surface area contributed by atoms with Crippen molar-refractivity contribution >= 4 is 23.2 Å². The van der Waals surface area contributed by atoms with E-state index < -0.39 is 40.6 Å². The van der Waals surface area contributed by atoms with Crippen LogP contribution in [-0.2, 0) is 24.6 Å². The number of carbonyl (C=O) groups excluding carboxylic acids is 2. The average Bonchev–Trinajstić information content (AvgIpc) is 3.02. The van der Waals surface area contributed by atoms with E-state index in [1.165, 1.54) is 20.3 Å². The van der Waals surface area contributed by atoms with Crippen molar-refractivity contribution in [2.45, 2.75) is 49.1 Å². The highest BCUT2D eigenvalue weighted by atomic mass is 35.5. The number of halogens is 1. The van der Waals surface area contributed by atoms with E-state index in [1.807, 2.05) is 0 Å². The van der Waals surface area contributed by atoms with Gasteiger partial charge in [0.2, 0.25) is 0 Å². The largest absolute Gasteiger partial charge is 0.380 e. The van der Waals surface area contributed by atoms with E-state index in [0.717, 1.165) is 0 Å². The summed E-state index contributed by atoms with van der Waals surface area (Å²) in [5.41, 5.74) is -2.14. The Morgan fingerprint density at radius 1 is 1.28 bits per heavy atom. The molecular weight excluding hydrogens is 400 g/mol. The molecule has 3 aliphatic rings. The maximum atomic E-state index is 13.8. The molecule has 4 rings (SSSR count). The Balaban J connectivity index is 1.91. The number of ketones is 2. The quantitative estimate of drug-likeness (QED) is 0.716. The third-order valence-corrected chi connectivity index (χ3v) is 7.03. The molecule has 0 aromatic carbocycles. The third-order valence-electron chi connectivity index (χ3n) is 6.50. The van der Waals surface area contributed by atoms with E-state index in [0.29, 0.717) is 6.42 Å². The van der Waals surface area contributed by atoms with Crippen molar-refractivity contribution in [3.8, 4) is 6.07 Å². The Bertz CT molecular complexity index is 984. The van der Waals surface area contributed by atoms with Gasteiger partial charge in [-0.2, -0.15) is 5.26 Å². The molecule has 2 fully saturated rings. The summed E-state index contributed by atoms with van der Waals surface area (Å²) in [5, 5.41) is 8.57. The average molecular weight is 421 g/mol. The summed E-state index contributed by atoms with van der Waals surface area (Å²) in [6, 6.07) is 3.02. The first-order valence-electron chi connectivity index (χ1n) is 9.43. The fourth-order valence-electron chi connectivity index (χ4n) is 5.02. The predicted octanol–water partition coefficient (Wildman–Crippen LogP) is 1.29. The molecule has 1 N–H and O–H groups in total. The number of nitrogens with zero attached hydrogens (tertiary/aromatic N) is 1. The number of carbonyl (C=O) groups is 2. The van der Waals surface area contributed by atoms with Gasteiger partial charge in [-0.15, -0.1) is 11.6 Å². The standard InChI is InChI=1S/C20H21ClN2O6/c1-8-4-11(24)10-5-9(7-22)19(26)23-17(10)20(8)18(25)14-12(27-2)6-13(28-3)15(21)16(14)29-20/h5,8,12-16H,4,6H2,1-3H3,(H,23,26)/t8-,12?,13?,14?,15?,16?,20+/m1/s1. The molecule has 0 bridgehead atoms. The van der Waals surface area contributed by atoms with Crippen molar-refractivity contribution in [1.82, 2.24) is 4.98 Å². The fourth-order valence-corrected chi connectivity index (χ4v) is 5.43. The summed E-state index contributed by atoms with van der Waals surface area (Å²) in [6.07, 6.45) is -1.06. The van der Waals surface area contributed by atoms with Crippen molar-refractivity contribution in [2.24, 2.45) is 11.8 Å². The lowest BCUT2D eigenvalue weighted by atomic mass is 9.68. The number of rotatable bonds is 2. The molecule has 29 heavy (non-hydrogen) atoms. The molecule has 154 valence electrons. The number of hydrogen-bond donors (Lipinski definition) is 1. The first-order valence-corrected chi connectivity index (χ1v) is 9.86. The maximum Gasteiger partial charge on any atom is 0.266 e. The van der Waals surface area contributed by atoms with Crippen LogP contribution in [0.1, 0.15) is 41.4 Å². The van der Waals surface area contributed by atoms with Crippen molar-refractivity contribution in [1.29, 1.82) is 5.26 Å². The SMILES string of the molecule is COC1CC(OC)C2C(=O)[C@@]3(OC2C1Cl)c1[nH]c(=O)c(C#N)cc1C(=O)C[C@H]3C. The fraction of sp³-hybridized carbons (Fsp3) is 0.600. The lowest BCUT2D eigenvalue weighted by Crippen LogP contribution is -2.51. The number of Topliss-reactive ketones (excluding diaryl/α,β-unsaturated/α-hetero) is 2. The number of aromatic nitrogens is 1. The molecular formula is C20H21ClN2O6. The molecule has 1 aromatic rings. The molecule has 0 amide bonds. The minimum Gasteiger partial charge on any atom is -0.380 e. The minimum atomic E-state index is -1.53. The molecule has 0 radical (unpaired) electrons. The summed E-state index contributed by atoms with van der Waals surface area (Å²) in [7, 11) is 3.06. The molecule has 1 saturated carbocycles. The van der Waals surface area contributed by atoms with E-state index in [2.05, 4.69) is 4.98 Å². The second-order valence-corrected chi connectivity index (χ2v) is 8.38. The van der Waals surface area contributed by atoms with Crippen molar-refractivity contribution in [2.75, 3.05) is 14.2 Å². The number of pyridine rings is 1. The molecule has 8 nitrogen and oxygen atoms in total. The second kappa shape index (κ2) is 7.03. The van der Waals surface area contributed by atoms with E-state index in [4.69, 9.17) is 31.1 Å². The van der Waals surface area contributed by atoms with Crippen LogP contribution in [0.15, 0.2) is 10.9 Å². The van der Waals surface area contributed by atoms with Gasteiger partial charge in [0.15, 0.2) is 17.2 Å². The molecule has 1 aliphatic heterocycles. The topological polar surface area (TPSA) is 118 Å². The Morgan fingerprint density at radius 2 is 1.97 bits per heavy atom. The molecule has 1 spiro atoms. The monoisotopic (exact) mass is 420 g/mol. The van der Waals surface area contributed by atoms with E-state index in [1.54, 1.807) is 13.0 Å². The van der Waals surface area contributed by atoms with Crippen LogP contribution in [0.3, 0.4) is 0 Å². The zero-order chi connectivity index (χ0) is 21.1. The second-order valence-electron chi connectivity index (χ2n) is 7.88. The minimum absolute atomic E-state index is 0.0490. The van der Waals surface area contributed by atoms with Crippen LogP contribution in [-0.4, -0.2) is 54.5 Å². The molecule has 1 aromatic heterocycles. The lowest BCUT2D eigenvalue weighted by molar-refractivity contribution is -0.145. The van der Waals surface area contributed by atoms with Crippen molar-refractivity contribution in [3.05, 3.63) is 33.2 Å². The number of H-pyrrole nitrogens is 1. The summed E-state index contributed by atoms with van der Waals surface area (Å²) in [5.74, 6) is -1.70. The number of hydrogen-bond acceptors (Lipinski definition) is 7. The van der Waals surface area contributed by atoms with Gasteiger partial charge in [-0.25, -0.2) is 0 Å². The van der Waals surface area contributed by atoms with Crippen LogP contribution in [0.5, 0.6) is 0 Å². The maximum absolute atomic E-state index is 13.8. The molecule has 7 atom stereocenters. The van der Waals surface area contributed by atoms with Crippen molar-refractivity contribution < 1.29 is 23.8 Å². The van der Waals surface area contributed by atoms with Crippen LogP contribution in [0, 0.1) is 23.2 Å². The van der Waals surface area contributed by atoms with Crippen LogP contribution in [0.4, 0.5) is 0 Å². The van der Waals surface area contributed by atoms with Gasteiger partial charge in [-0.05, 0) is 6.07 Å². The van der Waals surface area contributed by atoms with Gasteiger partial charge >= 0.3 is 0 Å². The smallest absolute Gasteiger partial charge is 0.266 e. The van der Waals surface area contributed by atoms with Gasteiger partial charge < -0.3 is 19.2 Å². The van der Waals surface area contributed by atoms with Gasteiger partial charge in [-0.1, -0.05) is 6.92 Å². The molecule has 9 heteroatoms. The number of methoxy groups -OCH3 is 2. The lowest BCUT2D eigenvalue weighted by Gasteiger charge is -2.39. The van der Waals surface area contributed by atoms with Crippen LogP contribution < -0.4 is 5.56 Å². The highest BCUT2D eigenvalue weighted by Crippen LogP contribution is 2.53. The first kappa shape index (κ1) is 20.2. The van der Waals surface area contributed by atoms with Gasteiger partial charge in [0.05, 0.1) is 35.3 Å². The zero-order valence-electron chi connectivity index (χ0n) is 16.2. The molecule has 1 saturated heterocycles. The molecule has 2 aliphatic carbocycles. The summed E-state index contributed by atoms with van der Waals surface area (Å²) in [6.45, 7) is 1.74. The Morgan fingerprint density at radius 3 is 2.59 bits per heavy atom. The third kappa shape index (κ3) is 2.65. The summed E-state index contributed by atoms with van der Waals surface area (Å²) < 4.78 is 17.4.